The predicted molar refractivity (Wildman–Crippen MR) is 66.3 cm³/mol. The number of phenolic OH excluding ortho intramolecular Hbond substituents is 1. The van der Waals surface area contributed by atoms with E-state index in [9.17, 15) is 23.9 Å². The second-order valence-corrected chi connectivity index (χ2v) is 4.96. The quantitative estimate of drug-likeness (QED) is 0.729. The van der Waals surface area contributed by atoms with Crippen molar-refractivity contribution in [1.29, 1.82) is 0 Å². The van der Waals surface area contributed by atoms with Gasteiger partial charge in [-0.25, -0.2) is 4.39 Å². The molecule has 1 heterocycles. The lowest BCUT2D eigenvalue weighted by Crippen LogP contribution is -2.65. The standard InChI is InChI=1S/C13H13FN2O4/c1-13(2)12(20)15-9(18)6-16(13)11(19)10-7(14)4-3-5-8(10)17/h3-5,17H,6H2,1-2H3,(H,15,18,20). The van der Waals surface area contributed by atoms with Crippen LogP contribution in [-0.4, -0.2) is 39.8 Å². The third kappa shape index (κ3) is 2.11. The van der Waals surface area contributed by atoms with Crippen LogP contribution in [0.3, 0.4) is 0 Å². The number of carbonyl (C=O) groups excluding carboxylic acids is 3. The molecule has 1 fully saturated rings. The lowest BCUT2D eigenvalue weighted by Gasteiger charge is -2.40. The average molecular weight is 280 g/mol. The highest BCUT2D eigenvalue weighted by atomic mass is 19.1. The van der Waals surface area contributed by atoms with Gasteiger partial charge in [0.1, 0.15) is 29.2 Å². The van der Waals surface area contributed by atoms with Crippen LogP contribution in [-0.2, 0) is 9.59 Å². The fourth-order valence-electron chi connectivity index (χ4n) is 1.97. The van der Waals surface area contributed by atoms with Gasteiger partial charge in [-0.15, -0.1) is 0 Å². The van der Waals surface area contributed by atoms with E-state index in [0.29, 0.717) is 0 Å². The highest BCUT2D eigenvalue weighted by molar-refractivity contribution is 6.09. The Morgan fingerprint density at radius 3 is 2.65 bits per heavy atom. The summed E-state index contributed by atoms with van der Waals surface area (Å²) in [4.78, 5) is 36.4. The third-order valence-electron chi connectivity index (χ3n) is 3.24. The Morgan fingerprint density at radius 1 is 1.40 bits per heavy atom. The number of piperazine rings is 1. The molecule has 20 heavy (non-hydrogen) atoms. The minimum atomic E-state index is -1.32. The highest BCUT2D eigenvalue weighted by Gasteiger charge is 2.44. The lowest BCUT2D eigenvalue weighted by atomic mass is 9.97. The molecule has 0 aromatic heterocycles. The van der Waals surface area contributed by atoms with Crippen LogP contribution < -0.4 is 5.32 Å². The second-order valence-electron chi connectivity index (χ2n) is 4.96. The normalized spacial score (nSPS) is 17.9. The molecule has 1 saturated heterocycles. The second kappa shape index (κ2) is 4.59. The van der Waals surface area contributed by atoms with E-state index in [1.807, 2.05) is 0 Å². The molecule has 2 N–H and O–H groups in total. The largest absolute Gasteiger partial charge is 0.507 e. The summed E-state index contributed by atoms with van der Waals surface area (Å²) in [5, 5.41) is 11.7. The summed E-state index contributed by atoms with van der Waals surface area (Å²) in [5.41, 5.74) is -1.87. The van der Waals surface area contributed by atoms with Crippen molar-refractivity contribution in [2.75, 3.05) is 6.54 Å². The number of nitrogens with one attached hydrogen (secondary N) is 1. The van der Waals surface area contributed by atoms with Crippen LogP contribution in [0.1, 0.15) is 24.2 Å². The number of carbonyl (C=O) groups is 3. The summed E-state index contributed by atoms with van der Waals surface area (Å²) in [7, 11) is 0. The Balaban J connectivity index is 2.46. The van der Waals surface area contributed by atoms with E-state index in [1.54, 1.807) is 0 Å². The molecule has 6 nitrogen and oxygen atoms in total. The Kier molecular flexibility index (Phi) is 3.21. The van der Waals surface area contributed by atoms with Gasteiger partial charge in [-0.1, -0.05) is 6.07 Å². The van der Waals surface area contributed by atoms with Crippen LogP contribution in [0.2, 0.25) is 0 Å². The van der Waals surface area contributed by atoms with E-state index < -0.39 is 40.4 Å². The van der Waals surface area contributed by atoms with Crippen molar-refractivity contribution in [2.45, 2.75) is 19.4 Å². The minimum absolute atomic E-state index is 0.384. The zero-order chi connectivity index (χ0) is 15.1. The zero-order valence-corrected chi connectivity index (χ0v) is 10.9. The van der Waals surface area contributed by atoms with E-state index >= 15 is 0 Å². The van der Waals surface area contributed by atoms with E-state index in [-0.39, 0.29) is 6.54 Å². The topological polar surface area (TPSA) is 86.7 Å². The summed E-state index contributed by atoms with van der Waals surface area (Å²) in [6.45, 7) is 2.49. The highest BCUT2D eigenvalue weighted by Crippen LogP contribution is 2.26. The molecule has 0 spiro atoms. The van der Waals surface area contributed by atoms with Gasteiger partial charge < -0.3 is 10.0 Å². The van der Waals surface area contributed by atoms with Crippen LogP contribution in [0.4, 0.5) is 4.39 Å². The number of hydrogen-bond donors (Lipinski definition) is 2. The molecule has 1 aromatic carbocycles. The summed E-state index contributed by atoms with van der Waals surface area (Å²) in [5.74, 6) is -3.67. The molecular formula is C13H13FN2O4. The van der Waals surface area contributed by atoms with Gasteiger partial charge >= 0.3 is 0 Å². The molecule has 1 aromatic rings. The molecule has 0 aliphatic carbocycles. The van der Waals surface area contributed by atoms with Gasteiger partial charge in [0, 0.05) is 0 Å². The monoisotopic (exact) mass is 280 g/mol. The van der Waals surface area contributed by atoms with E-state index in [0.717, 1.165) is 17.0 Å². The SMILES string of the molecule is CC1(C)C(=O)NC(=O)CN1C(=O)c1c(O)cccc1F. The molecule has 2 rings (SSSR count). The lowest BCUT2D eigenvalue weighted by molar-refractivity contribution is -0.143. The van der Waals surface area contributed by atoms with Crippen molar-refractivity contribution in [3.05, 3.63) is 29.6 Å². The number of nitrogens with zero attached hydrogens (tertiary/aromatic N) is 1. The molecule has 0 atom stereocenters. The first-order valence-corrected chi connectivity index (χ1v) is 5.89. The maximum absolute atomic E-state index is 13.7. The smallest absolute Gasteiger partial charge is 0.261 e. The van der Waals surface area contributed by atoms with Crippen LogP contribution in [0.15, 0.2) is 18.2 Å². The maximum Gasteiger partial charge on any atom is 0.261 e. The van der Waals surface area contributed by atoms with Crippen molar-refractivity contribution in [1.82, 2.24) is 10.2 Å². The van der Waals surface area contributed by atoms with E-state index in [1.165, 1.54) is 19.9 Å². The summed E-state index contributed by atoms with van der Waals surface area (Å²) in [6, 6.07) is 3.43. The van der Waals surface area contributed by atoms with Crippen molar-refractivity contribution >= 4 is 17.7 Å². The number of rotatable bonds is 1. The molecule has 1 aliphatic heterocycles. The Labute approximate surface area is 114 Å². The first-order chi connectivity index (χ1) is 9.25. The van der Waals surface area contributed by atoms with Crippen LogP contribution >= 0.6 is 0 Å². The summed E-state index contributed by atoms with van der Waals surface area (Å²) >= 11 is 0. The number of aromatic hydroxyl groups is 1. The average Bonchev–Trinajstić information content (AvgIpc) is 2.33. The molecule has 0 saturated carbocycles. The molecule has 3 amide bonds. The van der Waals surface area contributed by atoms with Crippen molar-refractivity contribution in [3.63, 3.8) is 0 Å². The molecule has 7 heteroatoms. The molecule has 0 bridgehead atoms. The van der Waals surface area contributed by atoms with Gasteiger partial charge in [-0.05, 0) is 26.0 Å². The zero-order valence-electron chi connectivity index (χ0n) is 10.9. The molecule has 0 radical (unpaired) electrons. The van der Waals surface area contributed by atoms with Crippen LogP contribution in [0, 0.1) is 5.82 Å². The van der Waals surface area contributed by atoms with Crippen molar-refractivity contribution < 1.29 is 23.9 Å². The molecule has 0 unspecified atom stereocenters. The molecular weight excluding hydrogens is 267 g/mol. The van der Waals surface area contributed by atoms with E-state index in [4.69, 9.17) is 0 Å². The fraction of sp³-hybridized carbons (Fsp3) is 0.308. The maximum atomic E-state index is 13.7. The van der Waals surface area contributed by atoms with Gasteiger partial charge in [-0.3, -0.25) is 19.7 Å². The van der Waals surface area contributed by atoms with Gasteiger partial charge in [-0.2, -0.15) is 0 Å². The molecule has 1 aliphatic rings. The summed E-state index contributed by atoms with van der Waals surface area (Å²) < 4.78 is 13.7. The minimum Gasteiger partial charge on any atom is -0.507 e. The number of amides is 3. The van der Waals surface area contributed by atoms with Crippen LogP contribution in [0.5, 0.6) is 5.75 Å². The van der Waals surface area contributed by atoms with Crippen molar-refractivity contribution in [2.24, 2.45) is 0 Å². The Morgan fingerprint density at radius 2 is 2.05 bits per heavy atom. The number of halogens is 1. The first kappa shape index (κ1) is 14.0. The van der Waals surface area contributed by atoms with Gasteiger partial charge in [0.15, 0.2) is 0 Å². The van der Waals surface area contributed by atoms with E-state index in [2.05, 4.69) is 5.32 Å². The molecule has 106 valence electrons. The fourth-order valence-corrected chi connectivity index (χ4v) is 1.97. The third-order valence-corrected chi connectivity index (χ3v) is 3.24. The van der Waals surface area contributed by atoms with Gasteiger partial charge in [0.2, 0.25) is 5.91 Å². The Hall–Kier alpha value is -2.44. The Bertz CT molecular complexity index is 592. The van der Waals surface area contributed by atoms with Crippen LogP contribution in [0.25, 0.3) is 0 Å². The predicted octanol–water partition coefficient (Wildman–Crippen LogP) is 0.408. The number of imide groups is 1. The summed E-state index contributed by atoms with van der Waals surface area (Å²) in [6.07, 6.45) is 0. The van der Waals surface area contributed by atoms with Gasteiger partial charge in [0.25, 0.3) is 11.8 Å². The van der Waals surface area contributed by atoms with Gasteiger partial charge in [0.05, 0.1) is 0 Å². The first-order valence-electron chi connectivity index (χ1n) is 5.89. The number of phenols is 1. The number of hydrogen-bond acceptors (Lipinski definition) is 4. The number of benzene rings is 1. The van der Waals surface area contributed by atoms with Crippen molar-refractivity contribution in [3.8, 4) is 5.75 Å².